The van der Waals surface area contributed by atoms with Crippen LogP contribution in [-0.2, 0) is 4.74 Å². The molecule has 0 aliphatic carbocycles. The van der Waals surface area contributed by atoms with Crippen molar-refractivity contribution in [2.75, 3.05) is 13.2 Å². The lowest BCUT2D eigenvalue weighted by atomic mass is 9.70. The van der Waals surface area contributed by atoms with E-state index in [0.29, 0.717) is 12.0 Å². The summed E-state index contributed by atoms with van der Waals surface area (Å²) in [4.78, 5) is 0. The Balaban J connectivity index is 2.73. The van der Waals surface area contributed by atoms with Gasteiger partial charge in [-0.25, -0.2) is 0 Å². The van der Waals surface area contributed by atoms with Gasteiger partial charge in [-0.2, -0.15) is 0 Å². The Kier molecular flexibility index (Phi) is 3.13. The molecule has 1 saturated heterocycles. The lowest BCUT2D eigenvalue weighted by Gasteiger charge is -2.36. The van der Waals surface area contributed by atoms with E-state index in [1.807, 2.05) is 0 Å². The molecule has 0 aromatic heterocycles. The zero-order valence-electron chi connectivity index (χ0n) is 8.47. The predicted molar refractivity (Wildman–Crippen MR) is 51.0 cm³/mol. The Morgan fingerprint density at radius 3 is 2.67 bits per heavy atom. The highest BCUT2D eigenvalue weighted by Crippen LogP contribution is 2.42. The molecule has 0 amide bonds. The molecule has 1 aliphatic rings. The lowest BCUT2D eigenvalue weighted by molar-refractivity contribution is 0.0368. The molecule has 1 fully saturated rings. The first-order valence-corrected chi connectivity index (χ1v) is 4.99. The summed E-state index contributed by atoms with van der Waals surface area (Å²) in [5.74, 6) is 0.681. The van der Waals surface area contributed by atoms with E-state index in [-0.39, 0.29) is 5.41 Å². The van der Waals surface area contributed by atoms with Crippen LogP contribution in [0.1, 0.15) is 33.6 Å². The molecule has 72 valence electrons. The predicted octanol–water partition coefficient (Wildman–Crippen LogP) is 1.79. The third-order valence-electron chi connectivity index (χ3n) is 3.72. The Bertz CT molecular complexity index is 149. The normalized spacial score (nSPS) is 38.5. The van der Waals surface area contributed by atoms with Gasteiger partial charge in [0.25, 0.3) is 0 Å². The van der Waals surface area contributed by atoms with E-state index in [0.717, 1.165) is 19.6 Å². The van der Waals surface area contributed by atoms with E-state index < -0.39 is 0 Å². The Morgan fingerprint density at radius 1 is 1.67 bits per heavy atom. The molecule has 0 aromatic carbocycles. The second kappa shape index (κ2) is 3.75. The minimum Gasteiger partial charge on any atom is -0.378 e. The van der Waals surface area contributed by atoms with Crippen LogP contribution < -0.4 is 5.73 Å². The van der Waals surface area contributed by atoms with Gasteiger partial charge in [0.15, 0.2) is 0 Å². The van der Waals surface area contributed by atoms with Crippen LogP contribution in [-0.4, -0.2) is 19.3 Å². The Hall–Kier alpha value is -0.0800. The average Bonchev–Trinajstić information content (AvgIpc) is 2.46. The molecule has 2 nitrogen and oxygen atoms in total. The smallest absolute Gasteiger partial charge is 0.0618 e. The molecule has 2 heteroatoms. The molecule has 0 radical (unpaired) electrons. The van der Waals surface area contributed by atoms with Crippen LogP contribution in [0.15, 0.2) is 0 Å². The molecule has 1 heterocycles. The van der Waals surface area contributed by atoms with E-state index in [4.69, 9.17) is 10.5 Å². The lowest BCUT2D eigenvalue weighted by Crippen LogP contribution is -2.42. The van der Waals surface area contributed by atoms with E-state index in [1.54, 1.807) is 0 Å². The largest absolute Gasteiger partial charge is 0.378 e. The van der Waals surface area contributed by atoms with Gasteiger partial charge in [0.05, 0.1) is 6.10 Å². The molecule has 12 heavy (non-hydrogen) atoms. The molecular formula is C10H21NO. The van der Waals surface area contributed by atoms with E-state index in [1.165, 1.54) is 6.42 Å². The van der Waals surface area contributed by atoms with Crippen molar-refractivity contribution in [2.45, 2.75) is 39.7 Å². The van der Waals surface area contributed by atoms with Gasteiger partial charge in [0, 0.05) is 18.6 Å². The van der Waals surface area contributed by atoms with Crippen molar-refractivity contribution in [1.82, 2.24) is 0 Å². The molecule has 3 atom stereocenters. The van der Waals surface area contributed by atoms with Crippen LogP contribution in [0, 0.1) is 11.3 Å². The van der Waals surface area contributed by atoms with Crippen molar-refractivity contribution in [3.63, 3.8) is 0 Å². The SMILES string of the molecule is CCC(C)C1(CN)CCOC1C. The maximum atomic E-state index is 5.86. The minimum atomic E-state index is 0.259. The van der Waals surface area contributed by atoms with Gasteiger partial charge < -0.3 is 10.5 Å². The molecule has 0 bridgehead atoms. The number of hydrogen-bond donors (Lipinski definition) is 1. The monoisotopic (exact) mass is 171 g/mol. The second-order valence-electron chi connectivity index (χ2n) is 4.01. The van der Waals surface area contributed by atoms with Gasteiger partial charge in [-0.05, 0) is 19.3 Å². The molecule has 0 saturated carbocycles. The highest BCUT2D eigenvalue weighted by molar-refractivity contribution is 4.93. The number of nitrogens with two attached hydrogens (primary N) is 1. The summed E-state index contributed by atoms with van der Waals surface area (Å²) < 4.78 is 5.60. The van der Waals surface area contributed by atoms with Crippen LogP contribution >= 0.6 is 0 Å². The maximum absolute atomic E-state index is 5.86. The number of rotatable bonds is 3. The average molecular weight is 171 g/mol. The van der Waals surface area contributed by atoms with Crippen LogP contribution in [0.5, 0.6) is 0 Å². The molecule has 0 aromatic rings. The molecule has 3 unspecified atom stereocenters. The Labute approximate surface area is 75.5 Å². The zero-order valence-corrected chi connectivity index (χ0v) is 8.47. The molecule has 0 spiro atoms. The standard InChI is InChI=1S/C10H21NO/c1-4-8(2)10(7-11)5-6-12-9(10)3/h8-9H,4-7,11H2,1-3H3. The molecular weight excluding hydrogens is 150 g/mol. The third-order valence-corrected chi connectivity index (χ3v) is 3.72. The van der Waals surface area contributed by atoms with Gasteiger partial charge in [-0.1, -0.05) is 20.3 Å². The first-order chi connectivity index (χ1) is 5.67. The fourth-order valence-electron chi connectivity index (χ4n) is 2.32. The molecule has 1 aliphatic heterocycles. The minimum absolute atomic E-state index is 0.259. The van der Waals surface area contributed by atoms with Crippen LogP contribution in [0.3, 0.4) is 0 Å². The highest BCUT2D eigenvalue weighted by Gasteiger charge is 2.43. The first kappa shape index (κ1) is 10.0. The topological polar surface area (TPSA) is 35.2 Å². The highest BCUT2D eigenvalue weighted by atomic mass is 16.5. The van der Waals surface area contributed by atoms with Crippen LogP contribution in [0.25, 0.3) is 0 Å². The first-order valence-electron chi connectivity index (χ1n) is 4.99. The van der Waals surface area contributed by atoms with Gasteiger partial charge in [-0.15, -0.1) is 0 Å². The summed E-state index contributed by atoms with van der Waals surface area (Å²) in [5.41, 5.74) is 6.11. The quantitative estimate of drug-likeness (QED) is 0.702. The number of ether oxygens (including phenoxy) is 1. The molecule has 2 N–H and O–H groups in total. The van der Waals surface area contributed by atoms with Gasteiger partial charge >= 0.3 is 0 Å². The summed E-state index contributed by atoms with van der Waals surface area (Å²) >= 11 is 0. The van der Waals surface area contributed by atoms with Crippen molar-refractivity contribution in [2.24, 2.45) is 17.1 Å². The van der Waals surface area contributed by atoms with Gasteiger partial charge in [0.2, 0.25) is 0 Å². The van der Waals surface area contributed by atoms with Crippen molar-refractivity contribution < 1.29 is 4.74 Å². The summed E-state index contributed by atoms with van der Waals surface area (Å²) in [7, 11) is 0. The fourth-order valence-corrected chi connectivity index (χ4v) is 2.32. The van der Waals surface area contributed by atoms with Crippen molar-refractivity contribution >= 4 is 0 Å². The summed E-state index contributed by atoms with van der Waals surface area (Å²) in [5, 5.41) is 0. The summed E-state index contributed by atoms with van der Waals surface area (Å²) in [6.07, 6.45) is 2.68. The number of hydrogen-bond acceptors (Lipinski definition) is 2. The van der Waals surface area contributed by atoms with Gasteiger partial charge in [-0.3, -0.25) is 0 Å². The molecule has 1 rings (SSSR count). The van der Waals surface area contributed by atoms with Crippen molar-refractivity contribution in [3.05, 3.63) is 0 Å². The van der Waals surface area contributed by atoms with E-state index in [9.17, 15) is 0 Å². The van der Waals surface area contributed by atoms with E-state index in [2.05, 4.69) is 20.8 Å². The summed E-state index contributed by atoms with van der Waals surface area (Å²) in [6, 6.07) is 0. The third kappa shape index (κ3) is 1.38. The van der Waals surface area contributed by atoms with Crippen LogP contribution in [0.2, 0.25) is 0 Å². The maximum Gasteiger partial charge on any atom is 0.0618 e. The second-order valence-corrected chi connectivity index (χ2v) is 4.01. The van der Waals surface area contributed by atoms with Crippen molar-refractivity contribution in [1.29, 1.82) is 0 Å². The van der Waals surface area contributed by atoms with E-state index >= 15 is 0 Å². The summed E-state index contributed by atoms with van der Waals surface area (Å²) in [6.45, 7) is 8.34. The van der Waals surface area contributed by atoms with Crippen molar-refractivity contribution in [3.8, 4) is 0 Å². The zero-order chi connectivity index (χ0) is 9.19. The Morgan fingerprint density at radius 2 is 2.33 bits per heavy atom. The van der Waals surface area contributed by atoms with Crippen LogP contribution in [0.4, 0.5) is 0 Å². The van der Waals surface area contributed by atoms with Gasteiger partial charge in [0.1, 0.15) is 0 Å². The fraction of sp³-hybridized carbons (Fsp3) is 1.00.